The number of fused-ring (bicyclic) bond motifs is 1. The van der Waals surface area contributed by atoms with Crippen molar-refractivity contribution in [1.29, 1.82) is 0 Å². The smallest absolute Gasteiger partial charge is 0.253 e. The highest BCUT2D eigenvalue weighted by Crippen LogP contribution is 2.40. The number of hydrogen-bond acceptors (Lipinski definition) is 7. The summed E-state index contributed by atoms with van der Waals surface area (Å²) in [6, 6.07) is 9.41. The number of nitrogens with one attached hydrogen (secondary N) is 1. The summed E-state index contributed by atoms with van der Waals surface area (Å²) in [5.74, 6) is 2.29. The number of piperidine rings is 1. The average Bonchev–Trinajstić information content (AvgIpc) is 3.25. The highest BCUT2D eigenvalue weighted by atomic mass is 35.5. The van der Waals surface area contributed by atoms with Gasteiger partial charge in [0.1, 0.15) is 0 Å². The molecule has 2 heterocycles. The van der Waals surface area contributed by atoms with Crippen molar-refractivity contribution in [3.8, 4) is 22.9 Å². The second kappa shape index (κ2) is 13.4. The van der Waals surface area contributed by atoms with Gasteiger partial charge in [-0.25, -0.2) is 4.98 Å². The molecule has 9 nitrogen and oxygen atoms in total. The Labute approximate surface area is 224 Å². The molecule has 0 bridgehead atoms. The van der Waals surface area contributed by atoms with Crippen LogP contribution in [0.5, 0.6) is 17.2 Å². The zero-order chi connectivity index (χ0) is 24.1. The van der Waals surface area contributed by atoms with Crippen molar-refractivity contribution in [2.24, 2.45) is 5.73 Å². The molecule has 1 aromatic heterocycles. The largest absolute Gasteiger partial charge is 0.493 e. The Balaban J connectivity index is 0.00000228. The highest BCUT2D eigenvalue weighted by molar-refractivity contribution is 5.98. The fourth-order valence-electron chi connectivity index (χ4n) is 4.37. The molecule has 1 aliphatic rings. The normalized spacial score (nSPS) is 12.9. The molecule has 0 radical (unpaired) electrons. The van der Waals surface area contributed by atoms with Crippen LogP contribution < -0.4 is 25.3 Å². The van der Waals surface area contributed by atoms with Crippen LogP contribution in [0.25, 0.3) is 16.7 Å². The molecule has 198 valence electrons. The number of anilines is 1. The molecule has 0 aliphatic carbocycles. The van der Waals surface area contributed by atoms with Crippen molar-refractivity contribution >= 4 is 47.7 Å². The number of nitrogens with two attached hydrogens (primary N) is 1. The van der Waals surface area contributed by atoms with Crippen molar-refractivity contribution < 1.29 is 19.0 Å². The van der Waals surface area contributed by atoms with Crippen molar-refractivity contribution in [1.82, 2.24) is 14.5 Å². The molecule has 1 amide bonds. The topological polar surface area (TPSA) is 104 Å². The molecule has 11 heteroatoms. The maximum Gasteiger partial charge on any atom is 0.253 e. The summed E-state index contributed by atoms with van der Waals surface area (Å²) in [6.07, 6.45) is 4.07. The molecule has 3 N–H and O–H groups in total. The molecule has 0 atom stereocenters. The van der Waals surface area contributed by atoms with E-state index in [-0.39, 0.29) is 30.7 Å². The minimum atomic E-state index is 0. The van der Waals surface area contributed by atoms with Gasteiger partial charge in [-0.2, -0.15) is 0 Å². The second-order valence-electron chi connectivity index (χ2n) is 8.28. The monoisotopic (exact) mass is 539 g/mol. The third-order valence-corrected chi connectivity index (χ3v) is 6.12. The van der Waals surface area contributed by atoms with Crippen LogP contribution in [0.15, 0.2) is 30.3 Å². The van der Waals surface area contributed by atoms with Crippen LogP contribution in [-0.2, 0) is 0 Å². The lowest BCUT2D eigenvalue weighted by atomic mass is 10.1. The van der Waals surface area contributed by atoms with Gasteiger partial charge < -0.3 is 30.2 Å². The molecule has 1 fully saturated rings. The number of carbonyl (C=O) groups is 1. The van der Waals surface area contributed by atoms with Gasteiger partial charge in [0, 0.05) is 37.3 Å². The van der Waals surface area contributed by atoms with E-state index in [0.717, 1.165) is 49.1 Å². The Hall–Kier alpha value is -2.88. The van der Waals surface area contributed by atoms with E-state index in [2.05, 4.69) is 5.32 Å². The summed E-state index contributed by atoms with van der Waals surface area (Å²) in [5, 5.41) is 3.38. The molecule has 0 saturated carbocycles. The number of amides is 1. The average molecular weight is 540 g/mol. The molecular formula is C25H35Cl2N5O4. The number of rotatable bonds is 9. The van der Waals surface area contributed by atoms with E-state index in [1.165, 1.54) is 6.42 Å². The number of benzene rings is 2. The predicted octanol–water partition coefficient (Wildman–Crippen LogP) is 4.28. The SMILES string of the molecule is COc1cc(-n2c(NCCCN)nc3ccc(C(=O)N4CCCCC4)cc32)cc(OC)c1OC.Cl.Cl. The lowest BCUT2D eigenvalue weighted by Crippen LogP contribution is -2.35. The van der Waals surface area contributed by atoms with E-state index in [4.69, 9.17) is 24.9 Å². The van der Waals surface area contributed by atoms with Crippen molar-refractivity contribution in [3.63, 3.8) is 0 Å². The molecule has 2 aromatic carbocycles. The van der Waals surface area contributed by atoms with Crippen LogP contribution in [0.3, 0.4) is 0 Å². The molecule has 1 saturated heterocycles. The Morgan fingerprint density at radius 1 is 1.00 bits per heavy atom. The van der Waals surface area contributed by atoms with Crippen LogP contribution in [-0.4, -0.2) is 67.9 Å². The first-order valence-electron chi connectivity index (χ1n) is 11.7. The van der Waals surface area contributed by atoms with Crippen molar-refractivity contribution in [2.75, 3.05) is 52.8 Å². The number of methoxy groups -OCH3 is 3. The molecule has 3 aromatic rings. The number of aromatic nitrogens is 2. The van der Waals surface area contributed by atoms with Gasteiger partial charge in [0.05, 0.1) is 38.1 Å². The first-order valence-corrected chi connectivity index (χ1v) is 11.7. The number of likely N-dealkylation sites (tertiary alicyclic amines) is 1. The summed E-state index contributed by atoms with van der Waals surface area (Å²) >= 11 is 0. The van der Waals surface area contributed by atoms with Crippen LogP contribution in [0.4, 0.5) is 5.95 Å². The minimum Gasteiger partial charge on any atom is -0.493 e. The summed E-state index contributed by atoms with van der Waals surface area (Å²) in [4.78, 5) is 19.9. The van der Waals surface area contributed by atoms with E-state index in [0.29, 0.717) is 41.8 Å². The highest BCUT2D eigenvalue weighted by Gasteiger charge is 2.22. The van der Waals surface area contributed by atoms with Gasteiger partial charge in [-0.15, -0.1) is 24.8 Å². The fourth-order valence-corrected chi connectivity index (χ4v) is 4.37. The predicted molar refractivity (Wildman–Crippen MR) is 147 cm³/mol. The maximum absolute atomic E-state index is 13.2. The van der Waals surface area contributed by atoms with Gasteiger partial charge in [0.25, 0.3) is 5.91 Å². The van der Waals surface area contributed by atoms with Crippen molar-refractivity contribution in [2.45, 2.75) is 25.7 Å². The zero-order valence-electron chi connectivity index (χ0n) is 20.9. The molecule has 0 unspecified atom stereocenters. The van der Waals surface area contributed by atoms with Gasteiger partial charge in [-0.1, -0.05) is 0 Å². The van der Waals surface area contributed by atoms with E-state index >= 15 is 0 Å². The number of nitrogens with zero attached hydrogens (tertiary/aromatic N) is 3. The zero-order valence-corrected chi connectivity index (χ0v) is 22.5. The Bertz CT molecular complexity index is 1140. The summed E-state index contributed by atoms with van der Waals surface area (Å²) in [6.45, 7) is 2.85. The molecule has 4 rings (SSSR count). The third kappa shape index (κ3) is 5.91. The number of ether oxygens (including phenoxy) is 3. The van der Waals surface area contributed by atoms with Gasteiger partial charge in [0.2, 0.25) is 11.7 Å². The summed E-state index contributed by atoms with van der Waals surface area (Å²) < 4.78 is 18.6. The Morgan fingerprint density at radius 2 is 1.67 bits per heavy atom. The third-order valence-electron chi connectivity index (χ3n) is 6.12. The first kappa shape index (κ1) is 29.4. The molecule has 0 spiro atoms. The van der Waals surface area contributed by atoms with Crippen LogP contribution >= 0.6 is 24.8 Å². The van der Waals surface area contributed by atoms with E-state index in [9.17, 15) is 4.79 Å². The number of imidazole rings is 1. The van der Waals surface area contributed by atoms with Crippen LogP contribution in [0.1, 0.15) is 36.0 Å². The quantitative estimate of drug-likeness (QED) is 0.391. The number of hydrogen-bond donors (Lipinski definition) is 2. The first-order chi connectivity index (χ1) is 16.6. The number of halogens is 2. The molecule has 1 aliphatic heterocycles. The number of carbonyl (C=O) groups excluding carboxylic acids is 1. The van der Waals surface area contributed by atoms with Gasteiger partial charge in [0.15, 0.2) is 11.5 Å². The maximum atomic E-state index is 13.2. The fraction of sp³-hybridized carbons (Fsp3) is 0.440. The molecular weight excluding hydrogens is 505 g/mol. The summed E-state index contributed by atoms with van der Waals surface area (Å²) in [7, 11) is 4.75. The molecule has 36 heavy (non-hydrogen) atoms. The second-order valence-corrected chi connectivity index (χ2v) is 8.28. The van der Waals surface area contributed by atoms with Crippen LogP contribution in [0.2, 0.25) is 0 Å². The van der Waals surface area contributed by atoms with Crippen LogP contribution in [0, 0.1) is 0 Å². The summed E-state index contributed by atoms with van der Waals surface area (Å²) in [5.41, 5.74) is 8.70. The van der Waals surface area contributed by atoms with Crippen molar-refractivity contribution in [3.05, 3.63) is 35.9 Å². The van der Waals surface area contributed by atoms with Gasteiger partial charge in [-0.05, 0) is 50.4 Å². The van der Waals surface area contributed by atoms with E-state index in [1.807, 2.05) is 39.8 Å². The lowest BCUT2D eigenvalue weighted by Gasteiger charge is -2.26. The Kier molecular flexibility index (Phi) is 11.0. The lowest BCUT2D eigenvalue weighted by molar-refractivity contribution is 0.0724. The minimum absolute atomic E-state index is 0. The van der Waals surface area contributed by atoms with Gasteiger partial charge >= 0.3 is 0 Å². The Morgan fingerprint density at radius 3 is 2.25 bits per heavy atom. The standard InChI is InChI=1S/C25H33N5O4.2ClH/c1-32-21-15-18(16-22(33-2)23(21)34-3)30-20-14-17(24(31)29-12-5-4-6-13-29)8-9-19(20)28-25(30)27-11-7-10-26;;/h8-9,14-16H,4-7,10-13,26H2,1-3H3,(H,27,28);2*1H. The van der Waals surface area contributed by atoms with Gasteiger partial charge in [-0.3, -0.25) is 9.36 Å². The van der Waals surface area contributed by atoms with E-state index < -0.39 is 0 Å². The van der Waals surface area contributed by atoms with E-state index in [1.54, 1.807) is 21.3 Å².